The molecule has 1 fully saturated rings. The minimum absolute atomic E-state index is 0.113. The van der Waals surface area contributed by atoms with Gasteiger partial charge in [0.1, 0.15) is 0 Å². The Kier molecular flexibility index (Phi) is 4.58. The Morgan fingerprint density at radius 2 is 2.21 bits per heavy atom. The highest BCUT2D eigenvalue weighted by Crippen LogP contribution is 2.33. The van der Waals surface area contributed by atoms with Gasteiger partial charge in [0.15, 0.2) is 0 Å². The first-order valence-corrected chi connectivity index (χ1v) is 7.02. The summed E-state index contributed by atoms with van der Waals surface area (Å²) in [6, 6.07) is 1.74. The van der Waals surface area contributed by atoms with E-state index in [0.717, 1.165) is 31.6 Å². The average Bonchev–Trinajstić information content (AvgIpc) is 2.43. The number of hydrogen-bond acceptors (Lipinski definition) is 5. The van der Waals surface area contributed by atoms with Crippen molar-refractivity contribution in [1.29, 1.82) is 0 Å². The van der Waals surface area contributed by atoms with Crippen molar-refractivity contribution in [2.45, 2.75) is 45.1 Å². The van der Waals surface area contributed by atoms with E-state index in [0.29, 0.717) is 18.4 Å². The molecular formula is C14H23N3O2. The molecule has 1 saturated carbocycles. The van der Waals surface area contributed by atoms with Gasteiger partial charge in [-0.2, -0.15) is 4.98 Å². The van der Waals surface area contributed by atoms with E-state index >= 15 is 0 Å². The van der Waals surface area contributed by atoms with Crippen LogP contribution in [0.3, 0.4) is 0 Å². The third-order valence-electron chi connectivity index (χ3n) is 3.83. The van der Waals surface area contributed by atoms with Gasteiger partial charge in [-0.3, -0.25) is 0 Å². The van der Waals surface area contributed by atoms with Crippen molar-refractivity contribution in [1.82, 2.24) is 9.97 Å². The van der Waals surface area contributed by atoms with Crippen molar-refractivity contribution in [3.8, 4) is 5.88 Å². The lowest BCUT2D eigenvalue weighted by Crippen LogP contribution is -2.45. The molecule has 1 aliphatic rings. The molecule has 1 aromatic rings. The molecule has 0 amide bonds. The van der Waals surface area contributed by atoms with Crippen molar-refractivity contribution in [3.63, 3.8) is 0 Å². The standard InChI is InChI=1S/C14H23N3O2/c1-3-19-12-6-9-15-13(16-12)17-14(10-18)7-4-11(2)5-8-14/h6,9,11,18H,3-5,7-8,10H2,1-2H3,(H,15,16,17). The Balaban J connectivity index is 2.07. The Hall–Kier alpha value is -1.36. The van der Waals surface area contributed by atoms with Crippen molar-refractivity contribution in [2.24, 2.45) is 5.92 Å². The molecule has 0 bridgehead atoms. The number of hydrogen-bond donors (Lipinski definition) is 2. The number of aliphatic hydroxyl groups excluding tert-OH is 1. The molecule has 0 saturated heterocycles. The van der Waals surface area contributed by atoms with Crippen LogP contribution in [0.15, 0.2) is 12.3 Å². The smallest absolute Gasteiger partial charge is 0.226 e. The van der Waals surface area contributed by atoms with Crippen LogP contribution < -0.4 is 10.1 Å². The first-order chi connectivity index (χ1) is 9.17. The number of ether oxygens (including phenoxy) is 1. The predicted octanol–water partition coefficient (Wildman–Crippen LogP) is 2.23. The second-order valence-electron chi connectivity index (χ2n) is 5.40. The number of nitrogens with one attached hydrogen (secondary N) is 1. The van der Waals surface area contributed by atoms with Gasteiger partial charge in [0.25, 0.3) is 0 Å². The minimum atomic E-state index is -0.280. The molecule has 5 heteroatoms. The molecule has 0 aromatic carbocycles. The fraction of sp³-hybridized carbons (Fsp3) is 0.714. The van der Waals surface area contributed by atoms with E-state index in [9.17, 15) is 5.11 Å². The molecule has 0 atom stereocenters. The van der Waals surface area contributed by atoms with Gasteiger partial charge in [-0.15, -0.1) is 0 Å². The fourth-order valence-corrected chi connectivity index (χ4v) is 2.51. The quantitative estimate of drug-likeness (QED) is 0.854. The lowest BCUT2D eigenvalue weighted by atomic mass is 9.77. The predicted molar refractivity (Wildman–Crippen MR) is 74.3 cm³/mol. The van der Waals surface area contributed by atoms with E-state index in [2.05, 4.69) is 22.2 Å². The normalized spacial score (nSPS) is 27.0. The molecule has 19 heavy (non-hydrogen) atoms. The van der Waals surface area contributed by atoms with Gasteiger partial charge in [-0.1, -0.05) is 6.92 Å². The van der Waals surface area contributed by atoms with E-state index in [-0.39, 0.29) is 12.1 Å². The van der Waals surface area contributed by atoms with Gasteiger partial charge in [-0.05, 0) is 38.5 Å². The molecule has 0 aliphatic heterocycles. The monoisotopic (exact) mass is 265 g/mol. The first-order valence-electron chi connectivity index (χ1n) is 7.02. The number of aliphatic hydroxyl groups is 1. The summed E-state index contributed by atoms with van der Waals surface area (Å²) < 4.78 is 5.37. The summed E-state index contributed by atoms with van der Waals surface area (Å²) in [5.41, 5.74) is -0.280. The molecule has 1 heterocycles. The second-order valence-corrected chi connectivity index (χ2v) is 5.40. The van der Waals surface area contributed by atoms with E-state index in [4.69, 9.17) is 4.74 Å². The third kappa shape index (κ3) is 3.56. The SMILES string of the molecule is CCOc1ccnc(NC2(CO)CCC(C)CC2)n1. The maximum absolute atomic E-state index is 9.71. The van der Waals surface area contributed by atoms with Gasteiger partial charge in [-0.25, -0.2) is 4.98 Å². The van der Waals surface area contributed by atoms with Crippen molar-refractivity contribution < 1.29 is 9.84 Å². The summed E-state index contributed by atoms with van der Waals surface area (Å²) in [5.74, 6) is 1.84. The second kappa shape index (κ2) is 6.19. The molecule has 2 N–H and O–H groups in total. The summed E-state index contributed by atoms with van der Waals surface area (Å²) in [7, 11) is 0. The van der Waals surface area contributed by atoms with Crippen LogP contribution in [0.1, 0.15) is 39.5 Å². The molecular weight excluding hydrogens is 242 g/mol. The molecule has 2 rings (SSSR count). The van der Waals surface area contributed by atoms with Crippen LogP contribution in [0.4, 0.5) is 5.95 Å². The molecule has 1 aromatic heterocycles. The van der Waals surface area contributed by atoms with Gasteiger partial charge in [0.2, 0.25) is 11.8 Å². The van der Waals surface area contributed by atoms with Crippen LogP contribution in [0.25, 0.3) is 0 Å². The maximum Gasteiger partial charge on any atom is 0.226 e. The molecule has 5 nitrogen and oxygen atoms in total. The van der Waals surface area contributed by atoms with Crippen molar-refractivity contribution in [2.75, 3.05) is 18.5 Å². The van der Waals surface area contributed by atoms with E-state index in [1.165, 1.54) is 0 Å². The van der Waals surface area contributed by atoms with Gasteiger partial charge in [0.05, 0.1) is 18.8 Å². The number of nitrogens with zero attached hydrogens (tertiary/aromatic N) is 2. The summed E-state index contributed by atoms with van der Waals surface area (Å²) in [6.07, 6.45) is 5.83. The van der Waals surface area contributed by atoms with Crippen LogP contribution in [0.2, 0.25) is 0 Å². The molecule has 0 unspecified atom stereocenters. The Morgan fingerprint density at radius 1 is 1.47 bits per heavy atom. The van der Waals surface area contributed by atoms with Crippen LogP contribution in [0.5, 0.6) is 5.88 Å². The van der Waals surface area contributed by atoms with Crippen LogP contribution >= 0.6 is 0 Å². The zero-order valence-electron chi connectivity index (χ0n) is 11.7. The average molecular weight is 265 g/mol. The van der Waals surface area contributed by atoms with Gasteiger partial charge < -0.3 is 15.2 Å². The third-order valence-corrected chi connectivity index (χ3v) is 3.83. The molecule has 1 aliphatic carbocycles. The number of anilines is 1. The first kappa shape index (κ1) is 14.1. The van der Waals surface area contributed by atoms with Crippen LogP contribution in [-0.2, 0) is 0 Å². The number of aromatic nitrogens is 2. The summed E-state index contributed by atoms with van der Waals surface area (Å²) in [6.45, 7) is 4.88. The van der Waals surface area contributed by atoms with Gasteiger partial charge in [0, 0.05) is 12.3 Å². The summed E-state index contributed by atoms with van der Waals surface area (Å²) in [5, 5.41) is 13.0. The minimum Gasteiger partial charge on any atom is -0.478 e. The van der Waals surface area contributed by atoms with Crippen LogP contribution in [-0.4, -0.2) is 33.8 Å². The fourth-order valence-electron chi connectivity index (χ4n) is 2.51. The van der Waals surface area contributed by atoms with E-state index < -0.39 is 0 Å². The zero-order valence-corrected chi connectivity index (χ0v) is 11.7. The van der Waals surface area contributed by atoms with E-state index in [1.54, 1.807) is 12.3 Å². The maximum atomic E-state index is 9.71. The van der Waals surface area contributed by atoms with Crippen LogP contribution in [0, 0.1) is 5.92 Å². The zero-order chi connectivity index (χ0) is 13.7. The molecule has 106 valence electrons. The van der Waals surface area contributed by atoms with E-state index in [1.807, 2.05) is 6.92 Å². The lowest BCUT2D eigenvalue weighted by Gasteiger charge is -2.38. The summed E-state index contributed by atoms with van der Waals surface area (Å²) in [4.78, 5) is 8.53. The van der Waals surface area contributed by atoms with Gasteiger partial charge >= 0.3 is 0 Å². The van der Waals surface area contributed by atoms with Crippen molar-refractivity contribution >= 4 is 5.95 Å². The lowest BCUT2D eigenvalue weighted by molar-refractivity contribution is 0.154. The highest BCUT2D eigenvalue weighted by Gasteiger charge is 2.34. The topological polar surface area (TPSA) is 67.3 Å². The summed E-state index contributed by atoms with van der Waals surface area (Å²) >= 11 is 0. The Labute approximate surface area is 114 Å². The number of rotatable bonds is 5. The Bertz CT molecular complexity index is 403. The molecule has 0 radical (unpaired) electrons. The highest BCUT2D eigenvalue weighted by atomic mass is 16.5. The molecule has 0 spiro atoms. The largest absolute Gasteiger partial charge is 0.478 e. The Morgan fingerprint density at radius 3 is 2.84 bits per heavy atom. The van der Waals surface area contributed by atoms with Crippen molar-refractivity contribution in [3.05, 3.63) is 12.3 Å². The highest BCUT2D eigenvalue weighted by molar-refractivity contribution is 5.32.